The first-order valence-corrected chi connectivity index (χ1v) is 11.0. The van der Waals surface area contributed by atoms with Crippen molar-refractivity contribution in [1.82, 2.24) is 14.7 Å². The summed E-state index contributed by atoms with van der Waals surface area (Å²) >= 11 is 0. The van der Waals surface area contributed by atoms with Crippen LogP contribution in [0.25, 0.3) is 5.69 Å². The predicted octanol–water partition coefficient (Wildman–Crippen LogP) is 3.30. The quantitative estimate of drug-likeness (QED) is 0.564. The van der Waals surface area contributed by atoms with Gasteiger partial charge in [0.1, 0.15) is 6.61 Å². The van der Waals surface area contributed by atoms with Crippen LogP contribution in [0.2, 0.25) is 0 Å². The number of anilines is 1. The molecule has 1 fully saturated rings. The van der Waals surface area contributed by atoms with E-state index < -0.39 is 11.6 Å². The van der Waals surface area contributed by atoms with Crippen LogP contribution in [0.5, 0.6) is 0 Å². The zero-order valence-corrected chi connectivity index (χ0v) is 18.5. The van der Waals surface area contributed by atoms with Crippen molar-refractivity contribution in [3.8, 4) is 5.69 Å². The number of hydrogen-bond acceptors (Lipinski definition) is 5. The molecule has 3 aromatic rings. The highest BCUT2D eigenvalue weighted by Gasteiger charge is 2.62. The van der Waals surface area contributed by atoms with Gasteiger partial charge in [-0.25, -0.2) is 9.48 Å². The second-order valence-electron chi connectivity index (χ2n) is 8.53. The zero-order valence-electron chi connectivity index (χ0n) is 18.5. The maximum Gasteiger partial charge on any atom is 0.354 e. The number of benzene rings is 2. The summed E-state index contributed by atoms with van der Waals surface area (Å²) in [5.41, 5.74) is 1.08. The number of rotatable bonds is 5. The third kappa shape index (κ3) is 3.21. The van der Waals surface area contributed by atoms with Crippen molar-refractivity contribution in [1.29, 1.82) is 0 Å². The number of carbonyl (C=O) groups is 3. The van der Waals surface area contributed by atoms with E-state index in [1.807, 2.05) is 50.4 Å². The molecule has 1 atom stereocenters. The standard InChI is InChI=1S/C25H24N4O4/c1-17(2)28-23(31)20-6-3-4-7-21(20)29-22(30)12-13-25(28,29)24(32)33-16-18-8-10-19(11-9-18)27-15-5-14-26-27/h3-11,14-15,17H,12-13,16H2,1-2H3. The minimum atomic E-state index is -1.48. The Kier molecular flexibility index (Phi) is 5.00. The van der Waals surface area contributed by atoms with Crippen LogP contribution in [-0.2, 0) is 20.9 Å². The Hall–Kier alpha value is -3.94. The van der Waals surface area contributed by atoms with E-state index >= 15 is 0 Å². The van der Waals surface area contributed by atoms with Gasteiger partial charge in [-0.05, 0) is 49.7 Å². The molecule has 0 bridgehead atoms. The van der Waals surface area contributed by atoms with Gasteiger partial charge in [0.15, 0.2) is 0 Å². The number of nitrogens with zero attached hydrogens (tertiary/aromatic N) is 4. The highest BCUT2D eigenvalue weighted by Crippen LogP contribution is 2.46. The molecule has 1 saturated heterocycles. The number of ether oxygens (including phenoxy) is 1. The highest BCUT2D eigenvalue weighted by molar-refractivity contribution is 6.15. The van der Waals surface area contributed by atoms with Crippen molar-refractivity contribution in [2.24, 2.45) is 0 Å². The van der Waals surface area contributed by atoms with E-state index in [1.54, 1.807) is 35.1 Å². The average molecular weight is 444 g/mol. The fourth-order valence-electron chi connectivity index (χ4n) is 4.80. The van der Waals surface area contributed by atoms with Gasteiger partial charge in [-0.3, -0.25) is 14.5 Å². The van der Waals surface area contributed by atoms with Gasteiger partial charge in [-0.2, -0.15) is 5.10 Å². The van der Waals surface area contributed by atoms with Crippen LogP contribution in [0.15, 0.2) is 67.0 Å². The molecule has 0 N–H and O–H groups in total. The predicted molar refractivity (Wildman–Crippen MR) is 121 cm³/mol. The number of fused-ring (bicyclic) bond motifs is 3. The first kappa shape index (κ1) is 20.9. The Labute approximate surface area is 191 Å². The lowest BCUT2D eigenvalue weighted by atomic mass is 9.95. The Balaban J connectivity index is 1.45. The molecule has 0 spiro atoms. The van der Waals surface area contributed by atoms with Crippen LogP contribution in [-0.4, -0.2) is 44.2 Å². The molecule has 2 amide bonds. The van der Waals surface area contributed by atoms with Crippen LogP contribution >= 0.6 is 0 Å². The van der Waals surface area contributed by atoms with Gasteiger partial charge < -0.3 is 9.64 Å². The molecule has 0 aliphatic carbocycles. The Morgan fingerprint density at radius 3 is 2.55 bits per heavy atom. The molecule has 2 aliphatic rings. The molecule has 168 valence electrons. The van der Waals surface area contributed by atoms with Gasteiger partial charge in [-0.15, -0.1) is 0 Å². The van der Waals surface area contributed by atoms with E-state index in [4.69, 9.17) is 4.74 Å². The lowest BCUT2D eigenvalue weighted by Gasteiger charge is -2.50. The third-order valence-electron chi connectivity index (χ3n) is 6.22. The SMILES string of the molecule is CC(C)N1C(=O)c2ccccc2N2C(=O)CCC21C(=O)OCc1ccc(-n2cccn2)cc1. The second-order valence-corrected chi connectivity index (χ2v) is 8.53. The molecule has 3 heterocycles. The monoisotopic (exact) mass is 444 g/mol. The summed E-state index contributed by atoms with van der Waals surface area (Å²) in [6.07, 6.45) is 3.91. The summed E-state index contributed by atoms with van der Waals surface area (Å²) in [7, 11) is 0. The molecule has 1 unspecified atom stereocenters. The topological polar surface area (TPSA) is 84.7 Å². The summed E-state index contributed by atoms with van der Waals surface area (Å²) in [6.45, 7) is 3.72. The normalized spacial score (nSPS) is 19.6. The summed E-state index contributed by atoms with van der Waals surface area (Å²) in [6, 6.07) is 16.0. The van der Waals surface area contributed by atoms with Crippen LogP contribution < -0.4 is 4.90 Å². The Bertz CT molecular complexity index is 1220. The van der Waals surface area contributed by atoms with E-state index in [0.717, 1.165) is 11.3 Å². The molecule has 33 heavy (non-hydrogen) atoms. The lowest BCUT2D eigenvalue weighted by molar-refractivity contribution is -0.159. The molecular formula is C25H24N4O4. The van der Waals surface area contributed by atoms with Crippen molar-refractivity contribution < 1.29 is 19.1 Å². The Morgan fingerprint density at radius 1 is 1.09 bits per heavy atom. The number of para-hydroxylation sites is 1. The first-order chi connectivity index (χ1) is 15.9. The minimum Gasteiger partial charge on any atom is -0.458 e. The van der Waals surface area contributed by atoms with Crippen molar-refractivity contribution in [2.75, 3.05) is 4.90 Å². The van der Waals surface area contributed by atoms with E-state index in [0.29, 0.717) is 11.3 Å². The van der Waals surface area contributed by atoms with E-state index in [-0.39, 0.29) is 37.3 Å². The lowest BCUT2D eigenvalue weighted by Crippen LogP contribution is -2.70. The summed E-state index contributed by atoms with van der Waals surface area (Å²) in [5.74, 6) is -1.06. The van der Waals surface area contributed by atoms with Gasteiger partial charge in [0.25, 0.3) is 5.91 Å². The maximum absolute atomic E-state index is 13.6. The Morgan fingerprint density at radius 2 is 1.85 bits per heavy atom. The molecule has 0 radical (unpaired) electrons. The van der Waals surface area contributed by atoms with Gasteiger partial charge in [0.2, 0.25) is 11.6 Å². The minimum absolute atomic E-state index is 0.0315. The van der Waals surface area contributed by atoms with Crippen molar-refractivity contribution in [3.63, 3.8) is 0 Å². The fourth-order valence-corrected chi connectivity index (χ4v) is 4.80. The smallest absolute Gasteiger partial charge is 0.354 e. The molecule has 2 aliphatic heterocycles. The number of aromatic nitrogens is 2. The molecule has 8 heteroatoms. The van der Waals surface area contributed by atoms with Gasteiger partial charge in [0.05, 0.1) is 16.9 Å². The highest BCUT2D eigenvalue weighted by atomic mass is 16.5. The molecule has 5 rings (SSSR count). The van der Waals surface area contributed by atoms with E-state index in [9.17, 15) is 14.4 Å². The molecule has 0 saturated carbocycles. The van der Waals surface area contributed by atoms with Crippen molar-refractivity contribution in [2.45, 2.75) is 45.0 Å². The van der Waals surface area contributed by atoms with Crippen LogP contribution in [0.4, 0.5) is 5.69 Å². The maximum atomic E-state index is 13.6. The largest absolute Gasteiger partial charge is 0.458 e. The number of carbonyl (C=O) groups excluding carboxylic acids is 3. The summed E-state index contributed by atoms with van der Waals surface area (Å²) in [4.78, 5) is 43.0. The first-order valence-electron chi connectivity index (χ1n) is 11.0. The molecule has 2 aromatic carbocycles. The van der Waals surface area contributed by atoms with Crippen LogP contribution in [0.1, 0.15) is 42.6 Å². The molecule has 8 nitrogen and oxygen atoms in total. The van der Waals surface area contributed by atoms with E-state index in [1.165, 1.54) is 9.80 Å². The fraction of sp³-hybridized carbons (Fsp3) is 0.280. The van der Waals surface area contributed by atoms with Gasteiger partial charge >= 0.3 is 5.97 Å². The molecular weight excluding hydrogens is 420 g/mol. The summed E-state index contributed by atoms with van der Waals surface area (Å²) < 4.78 is 7.48. The zero-order chi connectivity index (χ0) is 23.2. The van der Waals surface area contributed by atoms with Gasteiger partial charge in [0, 0.05) is 31.3 Å². The number of amides is 2. The van der Waals surface area contributed by atoms with Crippen LogP contribution in [0, 0.1) is 0 Å². The second kappa shape index (κ2) is 7.88. The van der Waals surface area contributed by atoms with Gasteiger partial charge in [-0.1, -0.05) is 24.3 Å². The van der Waals surface area contributed by atoms with Crippen LogP contribution in [0.3, 0.4) is 0 Å². The number of hydrogen-bond donors (Lipinski definition) is 0. The van der Waals surface area contributed by atoms with Crippen molar-refractivity contribution in [3.05, 3.63) is 78.1 Å². The third-order valence-corrected chi connectivity index (χ3v) is 6.22. The summed E-state index contributed by atoms with van der Waals surface area (Å²) in [5, 5.41) is 4.20. The average Bonchev–Trinajstić information content (AvgIpc) is 3.47. The molecule has 1 aromatic heterocycles. The van der Waals surface area contributed by atoms with Crippen molar-refractivity contribution >= 4 is 23.5 Å². The van der Waals surface area contributed by atoms with E-state index in [2.05, 4.69) is 5.10 Å². The number of esters is 1.